The number of benzene rings is 2. The third-order valence-electron chi connectivity index (χ3n) is 3.94. The Kier molecular flexibility index (Phi) is 6.38. The molecule has 0 atom stereocenters. The monoisotopic (exact) mass is 392 g/mol. The van der Waals surface area contributed by atoms with E-state index in [1.54, 1.807) is 42.5 Å². The van der Waals surface area contributed by atoms with Crippen LogP contribution in [0.5, 0.6) is 17.4 Å². The molecule has 29 heavy (non-hydrogen) atoms. The predicted molar refractivity (Wildman–Crippen MR) is 102 cm³/mol. The molecule has 3 rings (SSSR count). The Morgan fingerprint density at radius 2 is 1.93 bits per heavy atom. The fourth-order valence-electron chi connectivity index (χ4n) is 2.47. The molecule has 0 bridgehead atoms. The number of aromatic nitrogens is 1. The van der Waals surface area contributed by atoms with Crippen LogP contribution in [-0.2, 0) is 22.6 Å². The number of rotatable bonds is 7. The van der Waals surface area contributed by atoms with Crippen LogP contribution < -0.4 is 9.47 Å². The van der Waals surface area contributed by atoms with E-state index in [1.165, 1.54) is 19.2 Å². The average molecular weight is 392 g/mol. The van der Waals surface area contributed by atoms with E-state index < -0.39 is 5.82 Å². The van der Waals surface area contributed by atoms with Gasteiger partial charge >= 0.3 is 5.97 Å². The van der Waals surface area contributed by atoms with Crippen LogP contribution >= 0.6 is 0 Å². The molecule has 0 fully saturated rings. The van der Waals surface area contributed by atoms with E-state index in [2.05, 4.69) is 9.72 Å². The number of nitriles is 1. The maximum atomic E-state index is 13.9. The molecular weight excluding hydrogens is 375 g/mol. The van der Waals surface area contributed by atoms with Crippen LogP contribution in [-0.4, -0.2) is 18.1 Å². The van der Waals surface area contributed by atoms with E-state index >= 15 is 0 Å². The molecular formula is C22H17FN2O4. The van der Waals surface area contributed by atoms with Crippen molar-refractivity contribution >= 4 is 5.97 Å². The van der Waals surface area contributed by atoms with Crippen LogP contribution in [0.1, 0.15) is 16.8 Å². The quantitative estimate of drug-likeness (QED) is 0.561. The second kappa shape index (κ2) is 9.33. The van der Waals surface area contributed by atoms with Gasteiger partial charge in [0.1, 0.15) is 12.4 Å². The second-order valence-electron chi connectivity index (χ2n) is 6.01. The fourth-order valence-corrected chi connectivity index (χ4v) is 2.47. The van der Waals surface area contributed by atoms with Crippen LogP contribution in [0.15, 0.2) is 60.7 Å². The largest absolute Gasteiger partial charge is 0.484 e. The van der Waals surface area contributed by atoms with Gasteiger partial charge in [-0.05, 0) is 42.0 Å². The van der Waals surface area contributed by atoms with Gasteiger partial charge in [0, 0.05) is 6.07 Å². The smallest absolute Gasteiger partial charge is 0.309 e. The molecule has 0 aliphatic carbocycles. The number of halogens is 1. The first-order chi connectivity index (χ1) is 14.1. The highest BCUT2D eigenvalue weighted by atomic mass is 19.1. The summed E-state index contributed by atoms with van der Waals surface area (Å²) in [5.74, 6) is 0.0305. The molecule has 0 amide bonds. The molecule has 6 nitrogen and oxygen atoms in total. The van der Waals surface area contributed by atoms with Gasteiger partial charge in [-0.1, -0.05) is 18.2 Å². The third-order valence-corrected chi connectivity index (χ3v) is 3.94. The molecule has 0 saturated heterocycles. The molecule has 0 aliphatic heterocycles. The molecule has 1 heterocycles. The maximum absolute atomic E-state index is 13.9. The summed E-state index contributed by atoms with van der Waals surface area (Å²) in [6, 6.07) is 18.0. The second-order valence-corrected chi connectivity index (χ2v) is 6.01. The number of carbonyl (C=O) groups excluding carboxylic acids is 1. The molecule has 3 aromatic rings. The van der Waals surface area contributed by atoms with Crippen LogP contribution in [0.2, 0.25) is 0 Å². The highest BCUT2D eigenvalue weighted by Gasteiger charge is 2.07. The standard InChI is InChI=1S/C22H17FN2O4/c1-27-22(26)12-15-5-8-18(9-6-15)29-21-4-2-3-17(25-21)14-28-20-10-7-16(13-24)11-19(20)23/h2-11H,12,14H2,1H3. The van der Waals surface area contributed by atoms with Crippen molar-refractivity contribution in [2.24, 2.45) is 0 Å². The van der Waals surface area contributed by atoms with Gasteiger partial charge in [-0.3, -0.25) is 4.79 Å². The average Bonchev–Trinajstić information content (AvgIpc) is 2.74. The summed E-state index contributed by atoms with van der Waals surface area (Å²) in [6.07, 6.45) is 0.188. The van der Waals surface area contributed by atoms with Gasteiger partial charge < -0.3 is 14.2 Å². The van der Waals surface area contributed by atoms with Gasteiger partial charge in [-0.15, -0.1) is 0 Å². The lowest BCUT2D eigenvalue weighted by atomic mass is 10.1. The summed E-state index contributed by atoms with van der Waals surface area (Å²) in [4.78, 5) is 15.6. The van der Waals surface area contributed by atoms with Gasteiger partial charge in [0.15, 0.2) is 11.6 Å². The highest BCUT2D eigenvalue weighted by molar-refractivity contribution is 5.72. The van der Waals surface area contributed by atoms with Crippen LogP contribution in [0.3, 0.4) is 0 Å². The molecule has 7 heteroatoms. The Hall–Kier alpha value is -3.92. The minimum Gasteiger partial charge on any atom is -0.484 e. The molecule has 0 N–H and O–H groups in total. The SMILES string of the molecule is COC(=O)Cc1ccc(Oc2cccc(COc3ccc(C#N)cc3F)n2)cc1. The number of ether oxygens (including phenoxy) is 3. The van der Waals surface area contributed by atoms with Crippen LogP contribution in [0.4, 0.5) is 4.39 Å². The van der Waals surface area contributed by atoms with Crippen molar-refractivity contribution in [3.05, 3.63) is 83.3 Å². The Morgan fingerprint density at radius 1 is 1.14 bits per heavy atom. The summed E-state index contributed by atoms with van der Waals surface area (Å²) in [6.45, 7) is 0.0398. The van der Waals surface area contributed by atoms with E-state index in [0.29, 0.717) is 17.3 Å². The Bertz CT molecular complexity index is 1050. The number of methoxy groups -OCH3 is 1. The normalized spacial score (nSPS) is 10.1. The van der Waals surface area contributed by atoms with Gasteiger partial charge in [-0.2, -0.15) is 5.26 Å². The summed E-state index contributed by atoms with van der Waals surface area (Å²) in [5, 5.41) is 8.78. The summed E-state index contributed by atoms with van der Waals surface area (Å²) < 4.78 is 29.7. The van der Waals surface area contributed by atoms with Gasteiger partial charge in [0.25, 0.3) is 0 Å². The first-order valence-electron chi connectivity index (χ1n) is 8.69. The summed E-state index contributed by atoms with van der Waals surface area (Å²) in [5.41, 5.74) is 1.58. The maximum Gasteiger partial charge on any atom is 0.309 e. The third kappa shape index (κ3) is 5.53. The zero-order valence-corrected chi connectivity index (χ0v) is 15.6. The minimum absolute atomic E-state index is 0.0398. The molecule has 0 unspecified atom stereocenters. The lowest BCUT2D eigenvalue weighted by molar-refractivity contribution is -0.139. The number of carbonyl (C=O) groups is 1. The fraction of sp³-hybridized carbons (Fsp3) is 0.136. The Labute approximate surface area is 167 Å². The topological polar surface area (TPSA) is 81.4 Å². The van der Waals surface area contributed by atoms with E-state index in [4.69, 9.17) is 14.7 Å². The summed E-state index contributed by atoms with van der Waals surface area (Å²) >= 11 is 0. The van der Waals surface area contributed by atoms with Gasteiger partial charge in [-0.25, -0.2) is 9.37 Å². The van der Waals surface area contributed by atoms with Crippen molar-refractivity contribution in [1.82, 2.24) is 4.98 Å². The number of pyridine rings is 1. The van der Waals surface area contributed by atoms with Gasteiger partial charge in [0.2, 0.25) is 5.88 Å². The van der Waals surface area contributed by atoms with Crippen LogP contribution in [0.25, 0.3) is 0 Å². The minimum atomic E-state index is -0.608. The van der Waals surface area contributed by atoms with Crippen molar-refractivity contribution in [2.75, 3.05) is 7.11 Å². The van der Waals surface area contributed by atoms with Crippen molar-refractivity contribution < 1.29 is 23.4 Å². The Balaban J connectivity index is 1.62. The number of hydrogen-bond donors (Lipinski definition) is 0. The zero-order valence-electron chi connectivity index (χ0n) is 15.6. The van der Waals surface area contributed by atoms with E-state index in [1.807, 2.05) is 6.07 Å². The van der Waals surface area contributed by atoms with E-state index in [9.17, 15) is 9.18 Å². The Morgan fingerprint density at radius 3 is 2.62 bits per heavy atom. The first-order valence-corrected chi connectivity index (χ1v) is 8.69. The van der Waals surface area contributed by atoms with Crippen molar-refractivity contribution in [2.45, 2.75) is 13.0 Å². The van der Waals surface area contributed by atoms with Crippen molar-refractivity contribution in [3.63, 3.8) is 0 Å². The van der Waals surface area contributed by atoms with E-state index in [0.717, 1.165) is 11.6 Å². The molecule has 0 spiro atoms. The molecule has 0 saturated carbocycles. The number of esters is 1. The molecule has 0 aliphatic rings. The van der Waals surface area contributed by atoms with Crippen molar-refractivity contribution in [3.8, 4) is 23.4 Å². The van der Waals surface area contributed by atoms with Gasteiger partial charge in [0.05, 0.1) is 30.9 Å². The predicted octanol–water partition coefficient (Wildman–Crippen LogP) is 4.18. The lowest BCUT2D eigenvalue weighted by Crippen LogP contribution is -2.04. The number of nitrogens with zero attached hydrogens (tertiary/aromatic N) is 2. The highest BCUT2D eigenvalue weighted by Crippen LogP contribution is 2.22. The summed E-state index contributed by atoms with van der Waals surface area (Å²) in [7, 11) is 1.35. The van der Waals surface area contributed by atoms with Crippen molar-refractivity contribution in [1.29, 1.82) is 5.26 Å². The lowest BCUT2D eigenvalue weighted by Gasteiger charge is -2.09. The molecule has 2 aromatic carbocycles. The number of hydrogen-bond acceptors (Lipinski definition) is 6. The first kappa shape index (κ1) is 19.8. The van der Waals surface area contributed by atoms with Crippen LogP contribution in [0, 0.1) is 17.1 Å². The molecule has 146 valence electrons. The van der Waals surface area contributed by atoms with E-state index in [-0.39, 0.29) is 30.3 Å². The zero-order chi connectivity index (χ0) is 20.6. The molecule has 1 aromatic heterocycles. The molecule has 0 radical (unpaired) electrons.